The van der Waals surface area contributed by atoms with Crippen molar-refractivity contribution in [2.45, 2.75) is 6.23 Å². The van der Waals surface area contributed by atoms with Crippen LogP contribution in [0.2, 0.25) is 0 Å². The summed E-state index contributed by atoms with van der Waals surface area (Å²) in [5, 5.41) is 17.7. The average Bonchev–Trinajstić information content (AvgIpc) is 2.32. The second kappa shape index (κ2) is 3.40. The molecule has 7 heteroatoms. The molecule has 0 radical (unpaired) electrons. The van der Waals surface area contributed by atoms with Crippen LogP contribution in [0.5, 0.6) is 0 Å². The Bertz CT molecular complexity index is 265. The maximum atomic E-state index is 11.0. The highest BCUT2D eigenvalue weighted by atomic mass is 16.6. The number of rotatable bonds is 2. The summed E-state index contributed by atoms with van der Waals surface area (Å²) in [7, 11) is 1.43. The highest BCUT2D eigenvalue weighted by Crippen LogP contribution is 2.05. The van der Waals surface area contributed by atoms with E-state index in [4.69, 9.17) is 10.5 Å². The van der Waals surface area contributed by atoms with E-state index in [0.717, 1.165) is 4.90 Å². The first kappa shape index (κ1) is 9.46. The number of ether oxygens (including phenoxy) is 1. The number of nitrogens with one attached hydrogen (secondary N) is 2. The normalized spacial score (nSPS) is 21.7. The Labute approximate surface area is 73.8 Å². The number of guanidine groups is 1. The molecule has 7 nitrogen and oxygen atoms in total. The summed E-state index contributed by atoms with van der Waals surface area (Å²) < 4.78 is 4.54. The van der Waals surface area contributed by atoms with Gasteiger partial charge in [-0.2, -0.15) is 0 Å². The van der Waals surface area contributed by atoms with E-state index in [2.05, 4.69) is 10.1 Å². The van der Waals surface area contributed by atoms with Crippen LogP contribution in [0.15, 0.2) is 0 Å². The zero-order chi connectivity index (χ0) is 10.0. The molecule has 1 fully saturated rings. The molecule has 1 amide bonds. The number of carbonyl (C=O) groups excluding carboxylic acids is 2. The highest BCUT2D eigenvalue weighted by molar-refractivity contribution is 6.04. The second-order valence-electron chi connectivity index (χ2n) is 2.45. The van der Waals surface area contributed by atoms with Gasteiger partial charge in [0.1, 0.15) is 6.61 Å². The molecular formula is C6H9N3O4. The minimum atomic E-state index is -1.15. The lowest BCUT2D eigenvalue weighted by Crippen LogP contribution is -2.36. The highest BCUT2D eigenvalue weighted by Gasteiger charge is 2.36. The van der Waals surface area contributed by atoms with Crippen molar-refractivity contribution in [3.8, 4) is 0 Å². The first-order valence-corrected chi connectivity index (χ1v) is 3.49. The lowest BCUT2D eigenvalue weighted by molar-refractivity contribution is -0.162. The maximum absolute atomic E-state index is 11.0. The van der Waals surface area contributed by atoms with E-state index in [1.807, 2.05) is 0 Å². The zero-order valence-electron chi connectivity index (χ0n) is 6.90. The molecule has 0 spiro atoms. The summed E-state index contributed by atoms with van der Waals surface area (Å²) in [6.07, 6.45) is -1.15. The molecule has 0 aromatic carbocycles. The number of likely N-dealkylation sites (N-methyl/N-ethyl adjacent to an activating group) is 1. The Hall–Kier alpha value is -1.63. The molecule has 1 aliphatic rings. The molecule has 1 unspecified atom stereocenters. The van der Waals surface area contributed by atoms with Crippen molar-refractivity contribution in [2.75, 3.05) is 13.7 Å². The summed E-state index contributed by atoms with van der Waals surface area (Å²) in [6, 6.07) is 0. The molecule has 0 saturated carbocycles. The number of hydrogen-bond donors (Lipinski definition) is 3. The Morgan fingerprint density at radius 2 is 2.46 bits per heavy atom. The van der Waals surface area contributed by atoms with E-state index >= 15 is 0 Å². The maximum Gasteiger partial charge on any atom is 0.334 e. The van der Waals surface area contributed by atoms with Crippen LogP contribution in [-0.4, -0.2) is 47.7 Å². The molecule has 0 aromatic heterocycles. The van der Waals surface area contributed by atoms with Crippen molar-refractivity contribution in [1.82, 2.24) is 10.2 Å². The monoisotopic (exact) mass is 187 g/mol. The lowest BCUT2D eigenvalue weighted by atomic mass is 10.5. The van der Waals surface area contributed by atoms with E-state index in [0.29, 0.717) is 0 Å². The van der Waals surface area contributed by atoms with Crippen LogP contribution in [0.25, 0.3) is 0 Å². The minimum Gasteiger partial charge on any atom is -0.430 e. The fourth-order valence-electron chi connectivity index (χ4n) is 0.854. The predicted octanol–water partition coefficient (Wildman–Crippen LogP) is -2.16. The average molecular weight is 187 g/mol. The number of nitrogens with zero attached hydrogens (tertiary/aromatic N) is 1. The zero-order valence-corrected chi connectivity index (χ0v) is 6.90. The SMILES string of the molecule is CN1C(=N)NC(=O)C1OC(=O)CO. The van der Waals surface area contributed by atoms with E-state index < -0.39 is 24.7 Å². The number of esters is 1. The second-order valence-corrected chi connectivity index (χ2v) is 2.45. The third kappa shape index (κ3) is 1.75. The standard InChI is InChI=1S/C6H9N3O4/c1-9-5(13-3(11)2-10)4(12)8-6(9)7/h5,10H,2H2,1H3,(H2,7,8,12). The van der Waals surface area contributed by atoms with Crippen LogP contribution < -0.4 is 5.32 Å². The van der Waals surface area contributed by atoms with Crippen molar-refractivity contribution in [3.63, 3.8) is 0 Å². The number of carbonyl (C=O) groups is 2. The fourth-order valence-corrected chi connectivity index (χ4v) is 0.854. The van der Waals surface area contributed by atoms with Gasteiger partial charge in [0, 0.05) is 7.05 Å². The number of aliphatic hydroxyl groups is 1. The molecule has 1 saturated heterocycles. The van der Waals surface area contributed by atoms with Crippen molar-refractivity contribution < 1.29 is 19.4 Å². The quantitative estimate of drug-likeness (QED) is 0.427. The summed E-state index contributed by atoms with van der Waals surface area (Å²) >= 11 is 0. The summed E-state index contributed by atoms with van der Waals surface area (Å²) in [5.74, 6) is -1.63. The van der Waals surface area contributed by atoms with Gasteiger partial charge in [0.05, 0.1) is 0 Å². The summed E-state index contributed by atoms with van der Waals surface area (Å²) in [5.41, 5.74) is 0. The first-order valence-electron chi connectivity index (χ1n) is 3.49. The molecule has 0 aliphatic carbocycles. The fraction of sp³-hybridized carbons (Fsp3) is 0.500. The van der Waals surface area contributed by atoms with E-state index in [1.54, 1.807) is 0 Å². The van der Waals surface area contributed by atoms with Crippen LogP contribution in [0, 0.1) is 5.41 Å². The number of aliphatic hydroxyl groups excluding tert-OH is 1. The van der Waals surface area contributed by atoms with Gasteiger partial charge >= 0.3 is 5.97 Å². The van der Waals surface area contributed by atoms with Crippen molar-refractivity contribution in [2.24, 2.45) is 0 Å². The molecule has 13 heavy (non-hydrogen) atoms. The van der Waals surface area contributed by atoms with Gasteiger partial charge in [0.15, 0.2) is 0 Å². The molecule has 1 atom stereocenters. The van der Waals surface area contributed by atoms with Crippen molar-refractivity contribution in [1.29, 1.82) is 5.41 Å². The van der Waals surface area contributed by atoms with Gasteiger partial charge < -0.3 is 14.7 Å². The van der Waals surface area contributed by atoms with E-state index in [9.17, 15) is 9.59 Å². The molecule has 1 aliphatic heterocycles. The topological polar surface area (TPSA) is 103 Å². The molecular weight excluding hydrogens is 178 g/mol. The van der Waals surface area contributed by atoms with Gasteiger partial charge in [-0.1, -0.05) is 0 Å². The van der Waals surface area contributed by atoms with Gasteiger partial charge in [0.2, 0.25) is 5.96 Å². The summed E-state index contributed by atoms with van der Waals surface area (Å²) in [4.78, 5) is 22.8. The van der Waals surface area contributed by atoms with Crippen LogP contribution in [0.1, 0.15) is 0 Å². The number of hydrogen-bond acceptors (Lipinski definition) is 5. The van der Waals surface area contributed by atoms with Crippen LogP contribution in [0.4, 0.5) is 0 Å². The van der Waals surface area contributed by atoms with Crippen LogP contribution >= 0.6 is 0 Å². The smallest absolute Gasteiger partial charge is 0.334 e. The van der Waals surface area contributed by atoms with Gasteiger partial charge in [-0.25, -0.2) is 4.79 Å². The Balaban J connectivity index is 2.64. The van der Waals surface area contributed by atoms with Gasteiger partial charge in [-0.15, -0.1) is 0 Å². The van der Waals surface area contributed by atoms with E-state index in [-0.39, 0.29) is 5.96 Å². The molecule has 3 N–H and O–H groups in total. The van der Waals surface area contributed by atoms with Crippen molar-refractivity contribution >= 4 is 17.8 Å². The Morgan fingerprint density at radius 1 is 1.85 bits per heavy atom. The Morgan fingerprint density at radius 3 is 2.85 bits per heavy atom. The third-order valence-corrected chi connectivity index (χ3v) is 1.54. The largest absolute Gasteiger partial charge is 0.430 e. The van der Waals surface area contributed by atoms with Gasteiger partial charge in [-0.3, -0.25) is 15.5 Å². The van der Waals surface area contributed by atoms with E-state index in [1.165, 1.54) is 7.05 Å². The van der Waals surface area contributed by atoms with Crippen molar-refractivity contribution in [3.05, 3.63) is 0 Å². The summed E-state index contributed by atoms with van der Waals surface area (Å²) in [6.45, 7) is -0.787. The van der Waals surface area contributed by atoms with Gasteiger partial charge in [-0.05, 0) is 0 Å². The molecule has 0 bridgehead atoms. The lowest BCUT2D eigenvalue weighted by Gasteiger charge is -2.16. The molecule has 72 valence electrons. The molecule has 1 heterocycles. The van der Waals surface area contributed by atoms with Crippen LogP contribution in [-0.2, 0) is 14.3 Å². The molecule has 1 rings (SSSR count). The van der Waals surface area contributed by atoms with Gasteiger partial charge in [0.25, 0.3) is 12.1 Å². The number of amides is 1. The predicted molar refractivity (Wildman–Crippen MR) is 40.6 cm³/mol. The third-order valence-electron chi connectivity index (χ3n) is 1.54. The van der Waals surface area contributed by atoms with Crippen LogP contribution in [0.3, 0.4) is 0 Å². The Kier molecular flexibility index (Phi) is 2.47. The first-order chi connectivity index (χ1) is 6.06. The minimum absolute atomic E-state index is 0.138. The molecule has 0 aromatic rings.